The molecule has 144 valence electrons. The number of benzene rings is 1. The largest absolute Gasteiger partial charge is 0.486 e. The Balaban J connectivity index is 1.63. The second kappa shape index (κ2) is 8.37. The minimum absolute atomic E-state index is 0.0107. The molecule has 1 amide bonds. The molecule has 1 aromatic rings. The number of hydrogen-bond acceptors (Lipinski definition) is 6. The fourth-order valence-corrected chi connectivity index (χ4v) is 3.84. The first kappa shape index (κ1) is 19.1. The van der Waals surface area contributed by atoms with Gasteiger partial charge in [0.1, 0.15) is 11.9 Å². The first-order valence-electron chi connectivity index (χ1n) is 8.84. The SMILES string of the molecule is CS(=O)(=O)c1ccc(OC2COCCN(C(=O)C3CCOCC3)C2)cc1. The molecule has 1 aromatic carbocycles. The van der Waals surface area contributed by atoms with Gasteiger partial charge in [0.25, 0.3) is 0 Å². The molecule has 0 saturated carbocycles. The first-order chi connectivity index (χ1) is 12.4. The number of carbonyl (C=O) groups is 1. The summed E-state index contributed by atoms with van der Waals surface area (Å²) in [6.07, 6.45) is 2.40. The van der Waals surface area contributed by atoms with Gasteiger partial charge in [-0.15, -0.1) is 0 Å². The zero-order valence-electron chi connectivity index (χ0n) is 14.9. The number of ether oxygens (including phenoxy) is 3. The van der Waals surface area contributed by atoms with Crippen molar-refractivity contribution in [2.24, 2.45) is 5.92 Å². The van der Waals surface area contributed by atoms with Crippen LogP contribution in [0.25, 0.3) is 0 Å². The molecule has 0 radical (unpaired) electrons. The van der Waals surface area contributed by atoms with E-state index in [1.54, 1.807) is 12.1 Å². The summed E-state index contributed by atoms with van der Waals surface area (Å²) in [5, 5.41) is 0. The summed E-state index contributed by atoms with van der Waals surface area (Å²) in [6.45, 7) is 3.17. The lowest BCUT2D eigenvalue weighted by atomic mass is 9.98. The van der Waals surface area contributed by atoms with Crippen LogP contribution in [0.3, 0.4) is 0 Å². The van der Waals surface area contributed by atoms with Gasteiger partial charge < -0.3 is 19.1 Å². The quantitative estimate of drug-likeness (QED) is 0.775. The molecular formula is C18H25NO6S. The van der Waals surface area contributed by atoms with E-state index in [1.807, 2.05) is 4.90 Å². The zero-order chi connectivity index (χ0) is 18.6. The van der Waals surface area contributed by atoms with Crippen LogP contribution < -0.4 is 4.74 Å². The Morgan fingerprint density at radius 3 is 2.46 bits per heavy atom. The van der Waals surface area contributed by atoms with Gasteiger partial charge in [-0.25, -0.2) is 8.42 Å². The van der Waals surface area contributed by atoms with Crippen molar-refractivity contribution in [2.45, 2.75) is 23.8 Å². The zero-order valence-corrected chi connectivity index (χ0v) is 15.7. The van der Waals surface area contributed by atoms with E-state index >= 15 is 0 Å². The van der Waals surface area contributed by atoms with Gasteiger partial charge in [0.15, 0.2) is 9.84 Å². The van der Waals surface area contributed by atoms with Crippen LogP contribution in [0.1, 0.15) is 12.8 Å². The van der Waals surface area contributed by atoms with Crippen molar-refractivity contribution in [1.29, 1.82) is 0 Å². The highest BCUT2D eigenvalue weighted by molar-refractivity contribution is 7.90. The summed E-state index contributed by atoms with van der Waals surface area (Å²) in [6, 6.07) is 6.30. The van der Waals surface area contributed by atoms with E-state index < -0.39 is 9.84 Å². The van der Waals surface area contributed by atoms with Gasteiger partial charge in [-0.05, 0) is 37.1 Å². The fraction of sp³-hybridized carbons (Fsp3) is 0.611. The second-order valence-electron chi connectivity index (χ2n) is 6.73. The van der Waals surface area contributed by atoms with Crippen molar-refractivity contribution in [3.63, 3.8) is 0 Å². The Kier molecular flexibility index (Phi) is 6.16. The molecule has 0 aliphatic carbocycles. The average Bonchev–Trinajstić information content (AvgIpc) is 2.87. The summed E-state index contributed by atoms with van der Waals surface area (Å²) in [4.78, 5) is 14.8. The molecule has 1 atom stereocenters. The number of nitrogens with zero attached hydrogens (tertiary/aromatic N) is 1. The monoisotopic (exact) mass is 383 g/mol. The van der Waals surface area contributed by atoms with Crippen LogP contribution in [-0.4, -0.2) is 71.1 Å². The van der Waals surface area contributed by atoms with Crippen molar-refractivity contribution >= 4 is 15.7 Å². The standard InChI is InChI=1S/C18H25NO6S/c1-26(21,22)17-4-2-15(3-5-17)25-16-12-19(8-11-24-13-16)18(20)14-6-9-23-10-7-14/h2-5,14,16H,6-13H2,1H3. The second-order valence-corrected chi connectivity index (χ2v) is 8.74. The molecule has 7 nitrogen and oxygen atoms in total. The van der Waals surface area contributed by atoms with Crippen LogP contribution in [0.2, 0.25) is 0 Å². The van der Waals surface area contributed by atoms with Crippen molar-refractivity contribution in [3.8, 4) is 5.75 Å². The highest BCUT2D eigenvalue weighted by Gasteiger charge is 2.30. The van der Waals surface area contributed by atoms with Crippen LogP contribution in [0, 0.1) is 5.92 Å². The van der Waals surface area contributed by atoms with E-state index in [4.69, 9.17) is 14.2 Å². The molecule has 2 heterocycles. The molecule has 2 aliphatic rings. The van der Waals surface area contributed by atoms with Crippen molar-refractivity contribution in [3.05, 3.63) is 24.3 Å². The smallest absolute Gasteiger partial charge is 0.226 e. The molecule has 1 unspecified atom stereocenters. The highest BCUT2D eigenvalue weighted by atomic mass is 32.2. The third-order valence-electron chi connectivity index (χ3n) is 4.67. The Morgan fingerprint density at radius 2 is 1.81 bits per heavy atom. The molecule has 0 aromatic heterocycles. The molecule has 8 heteroatoms. The lowest BCUT2D eigenvalue weighted by Crippen LogP contribution is -2.44. The van der Waals surface area contributed by atoms with E-state index in [0.29, 0.717) is 45.3 Å². The van der Waals surface area contributed by atoms with Gasteiger partial charge in [0.2, 0.25) is 5.91 Å². The number of hydrogen-bond donors (Lipinski definition) is 0. The predicted molar refractivity (Wildman–Crippen MR) is 94.9 cm³/mol. The van der Waals surface area contributed by atoms with E-state index in [1.165, 1.54) is 18.4 Å². The molecule has 2 saturated heterocycles. The molecule has 0 spiro atoms. The minimum Gasteiger partial charge on any atom is -0.486 e. The summed E-state index contributed by atoms with van der Waals surface area (Å²) < 4.78 is 39.9. The Morgan fingerprint density at radius 1 is 1.12 bits per heavy atom. The highest BCUT2D eigenvalue weighted by Crippen LogP contribution is 2.21. The average molecular weight is 383 g/mol. The van der Waals surface area contributed by atoms with E-state index in [9.17, 15) is 13.2 Å². The lowest BCUT2D eigenvalue weighted by molar-refractivity contribution is -0.139. The maximum absolute atomic E-state index is 12.8. The minimum atomic E-state index is -3.23. The topological polar surface area (TPSA) is 82.1 Å². The number of carbonyl (C=O) groups excluding carboxylic acids is 1. The van der Waals surface area contributed by atoms with Crippen LogP contribution in [0.15, 0.2) is 29.2 Å². The Bertz CT molecular complexity index is 712. The van der Waals surface area contributed by atoms with Gasteiger partial charge in [-0.1, -0.05) is 0 Å². The molecule has 0 bridgehead atoms. The summed E-state index contributed by atoms with van der Waals surface area (Å²) >= 11 is 0. The van der Waals surface area contributed by atoms with E-state index in [2.05, 4.69) is 0 Å². The van der Waals surface area contributed by atoms with Crippen molar-refractivity contribution in [1.82, 2.24) is 4.90 Å². The number of amides is 1. The molecule has 0 N–H and O–H groups in total. The third kappa shape index (κ3) is 4.96. The fourth-order valence-electron chi connectivity index (χ4n) is 3.21. The van der Waals surface area contributed by atoms with Crippen molar-refractivity contribution < 1.29 is 27.4 Å². The molecular weight excluding hydrogens is 358 g/mol. The van der Waals surface area contributed by atoms with Crippen LogP contribution in [0.4, 0.5) is 0 Å². The predicted octanol–water partition coefficient (Wildman–Crippen LogP) is 1.12. The molecule has 3 rings (SSSR count). The molecule has 2 fully saturated rings. The summed E-state index contributed by atoms with van der Waals surface area (Å²) in [5.41, 5.74) is 0. The lowest BCUT2D eigenvalue weighted by Gasteiger charge is -2.29. The summed E-state index contributed by atoms with van der Waals surface area (Å²) in [7, 11) is -3.23. The Hall–Kier alpha value is -1.64. The van der Waals surface area contributed by atoms with Crippen molar-refractivity contribution in [2.75, 3.05) is 45.8 Å². The maximum atomic E-state index is 12.8. The van der Waals surface area contributed by atoms with Gasteiger partial charge in [0.05, 0.1) is 24.7 Å². The van der Waals surface area contributed by atoms with E-state index in [0.717, 1.165) is 12.8 Å². The summed E-state index contributed by atoms with van der Waals surface area (Å²) in [5.74, 6) is 0.711. The normalized spacial score (nSPS) is 22.7. The third-order valence-corrected chi connectivity index (χ3v) is 5.80. The van der Waals surface area contributed by atoms with Gasteiger partial charge in [0, 0.05) is 31.9 Å². The molecule has 2 aliphatic heterocycles. The number of rotatable bonds is 4. The van der Waals surface area contributed by atoms with Gasteiger partial charge in [-0.2, -0.15) is 0 Å². The Labute approximate surface area is 154 Å². The number of sulfone groups is 1. The maximum Gasteiger partial charge on any atom is 0.226 e. The van der Waals surface area contributed by atoms with Gasteiger partial charge >= 0.3 is 0 Å². The van der Waals surface area contributed by atoms with E-state index in [-0.39, 0.29) is 22.8 Å². The van der Waals surface area contributed by atoms with Crippen LogP contribution >= 0.6 is 0 Å². The van der Waals surface area contributed by atoms with Crippen LogP contribution in [-0.2, 0) is 24.1 Å². The van der Waals surface area contributed by atoms with Crippen LogP contribution in [0.5, 0.6) is 5.75 Å². The molecule has 26 heavy (non-hydrogen) atoms. The van der Waals surface area contributed by atoms with Gasteiger partial charge in [-0.3, -0.25) is 4.79 Å². The first-order valence-corrected chi connectivity index (χ1v) is 10.7.